The molecule has 1 aliphatic rings. The number of rotatable bonds is 3. The van der Waals surface area contributed by atoms with Crippen LogP contribution in [0.4, 0.5) is 4.39 Å². The van der Waals surface area contributed by atoms with Gasteiger partial charge in [-0.3, -0.25) is 0 Å². The van der Waals surface area contributed by atoms with Gasteiger partial charge in [-0.2, -0.15) is 0 Å². The zero-order valence-electron chi connectivity index (χ0n) is 12.2. The van der Waals surface area contributed by atoms with Crippen molar-refractivity contribution < 1.29 is 9.13 Å². The lowest BCUT2D eigenvalue weighted by Crippen LogP contribution is -2.18. The molecule has 1 aliphatic heterocycles. The van der Waals surface area contributed by atoms with Crippen molar-refractivity contribution >= 4 is 0 Å². The van der Waals surface area contributed by atoms with E-state index in [-0.39, 0.29) is 5.82 Å². The molecule has 0 saturated heterocycles. The fourth-order valence-corrected chi connectivity index (χ4v) is 2.81. The number of hydrogen-bond acceptors (Lipinski definition) is 2. The Morgan fingerprint density at radius 1 is 1.24 bits per heavy atom. The third-order valence-electron chi connectivity index (χ3n) is 3.96. The lowest BCUT2D eigenvalue weighted by atomic mass is 9.95. The number of halogens is 1. The van der Waals surface area contributed by atoms with Gasteiger partial charge in [0.1, 0.15) is 18.2 Å². The van der Waals surface area contributed by atoms with Crippen molar-refractivity contribution in [2.45, 2.75) is 25.9 Å². The average Bonchev–Trinajstić information content (AvgIpc) is 2.67. The van der Waals surface area contributed by atoms with E-state index in [1.807, 2.05) is 12.1 Å². The average molecular weight is 285 g/mol. The Labute approximate surface area is 125 Å². The first-order chi connectivity index (χ1) is 10.2. The summed E-state index contributed by atoms with van der Waals surface area (Å²) < 4.78 is 18.9. The standard InChI is InChI=1S/C18H20FNO/c1-13-11-20-8-7-15-10-17(5-6-18(13)15)21-12-14-3-2-4-16(19)9-14/h2-6,9-10,13,20H,7-8,11-12H2,1H3/t13-/m0/s1. The zero-order chi connectivity index (χ0) is 14.7. The molecular weight excluding hydrogens is 265 g/mol. The Balaban J connectivity index is 1.73. The van der Waals surface area contributed by atoms with Gasteiger partial charge in [-0.25, -0.2) is 4.39 Å². The Hall–Kier alpha value is -1.87. The van der Waals surface area contributed by atoms with Crippen molar-refractivity contribution in [2.24, 2.45) is 0 Å². The second-order valence-electron chi connectivity index (χ2n) is 5.63. The van der Waals surface area contributed by atoms with Crippen molar-refractivity contribution in [2.75, 3.05) is 13.1 Å². The molecular formula is C18H20FNO. The van der Waals surface area contributed by atoms with E-state index in [9.17, 15) is 4.39 Å². The van der Waals surface area contributed by atoms with E-state index in [0.717, 1.165) is 30.8 Å². The van der Waals surface area contributed by atoms with Gasteiger partial charge >= 0.3 is 0 Å². The highest BCUT2D eigenvalue weighted by Gasteiger charge is 2.14. The number of nitrogens with one attached hydrogen (secondary N) is 1. The highest BCUT2D eigenvalue weighted by atomic mass is 19.1. The summed E-state index contributed by atoms with van der Waals surface area (Å²) in [5.74, 6) is 1.16. The molecule has 1 atom stereocenters. The lowest BCUT2D eigenvalue weighted by molar-refractivity contribution is 0.305. The van der Waals surface area contributed by atoms with E-state index in [2.05, 4.69) is 24.4 Å². The highest BCUT2D eigenvalue weighted by molar-refractivity contribution is 5.38. The molecule has 0 spiro atoms. The minimum atomic E-state index is -0.224. The normalized spacial score (nSPS) is 17.9. The van der Waals surface area contributed by atoms with E-state index >= 15 is 0 Å². The van der Waals surface area contributed by atoms with Crippen LogP contribution in [0.5, 0.6) is 5.75 Å². The molecule has 1 heterocycles. The summed E-state index contributed by atoms with van der Waals surface area (Å²) in [6.07, 6.45) is 1.02. The second-order valence-corrected chi connectivity index (χ2v) is 5.63. The first-order valence-electron chi connectivity index (χ1n) is 7.43. The van der Waals surface area contributed by atoms with Gasteiger partial charge in [0, 0.05) is 6.54 Å². The van der Waals surface area contributed by atoms with Crippen LogP contribution in [0.3, 0.4) is 0 Å². The minimum Gasteiger partial charge on any atom is -0.489 e. The van der Waals surface area contributed by atoms with Crippen LogP contribution in [0.25, 0.3) is 0 Å². The van der Waals surface area contributed by atoms with Crippen molar-refractivity contribution in [3.63, 3.8) is 0 Å². The second kappa shape index (κ2) is 6.27. The largest absolute Gasteiger partial charge is 0.489 e. The van der Waals surface area contributed by atoms with Crippen LogP contribution >= 0.6 is 0 Å². The van der Waals surface area contributed by atoms with Gasteiger partial charge in [0.2, 0.25) is 0 Å². The molecule has 0 amide bonds. The predicted molar refractivity (Wildman–Crippen MR) is 82.2 cm³/mol. The van der Waals surface area contributed by atoms with Crippen LogP contribution in [-0.2, 0) is 13.0 Å². The molecule has 0 radical (unpaired) electrons. The molecule has 0 unspecified atom stereocenters. The van der Waals surface area contributed by atoms with E-state index in [1.165, 1.54) is 23.3 Å². The molecule has 3 rings (SSSR count). The van der Waals surface area contributed by atoms with Crippen LogP contribution in [-0.4, -0.2) is 13.1 Å². The van der Waals surface area contributed by atoms with Crippen molar-refractivity contribution in [1.82, 2.24) is 5.32 Å². The molecule has 0 fully saturated rings. The van der Waals surface area contributed by atoms with Crippen LogP contribution in [0.15, 0.2) is 42.5 Å². The summed E-state index contributed by atoms with van der Waals surface area (Å²) in [6.45, 7) is 4.66. The third-order valence-corrected chi connectivity index (χ3v) is 3.96. The quantitative estimate of drug-likeness (QED) is 0.929. The van der Waals surface area contributed by atoms with Gasteiger partial charge in [0.25, 0.3) is 0 Å². The molecule has 21 heavy (non-hydrogen) atoms. The summed E-state index contributed by atoms with van der Waals surface area (Å²) in [6, 6.07) is 12.8. The smallest absolute Gasteiger partial charge is 0.123 e. The van der Waals surface area contributed by atoms with E-state index in [0.29, 0.717) is 12.5 Å². The highest BCUT2D eigenvalue weighted by Crippen LogP contribution is 2.26. The Morgan fingerprint density at radius 3 is 3.00 bits per heavy atom. The van der Waals surface area contributed by atoms with Crippen LogP contribution in [0, 0.1) is 5.82 Å². The first-order valence-corrected chi connectivity index (χ1v) is 7.43. The lowest BCUT2D eigenvalue weighted by Gasteiger charge is -2.14. The topological polar surface area (TPSA) is 21.3 Å². The van der Waals surface area contributed by atoms with E-state index < -0.39 is 0 Å². The monoisotopic (exact) mass is 285 g/mol. The molecule has 110 valence electrons. The zero-order valence-corrected chi connectivity index (χ0v) is 12.2. The van der Waals surface area contributed by atoms with Crippen molar-refractivity contribution in [1.29, 1.82) is 0 Å². The Kier molecular flexibility index (Phi) is 4.20. The molecule has 3 heteroatoms. The SMILES string of the molecule is C[C@H]1CNCCc2cc(OCc3cccc(F)c3)ccc21. The van der Waals surface area contributed by atoms with Gasteiger partial charge in [0.05, 0.1) is 0 Å². The molecule has 0 bridgehead atoms. The number of fused-ring (bicyclic) bond motifs is 1. The van der Waals surface area contributed by atoms with Gasteiger partial charge in [-0.1, -0.05) is 25.1 Å². The summed E-state index contributed by atoms with van der Waals surface area (Å²) >= 11 is 0. The first kappa shape index (κ1) is 14.1. The molecule has 0 saturated carbocycles. The maximum absolute atomic E-state index is 13.1. The fourth-order valence-electron chi connectivity index (χ4n) is 2.81. The summed E-state index contributed by atoms with van der Waals surface area (Å²) in [4.78, 5) is 0. The van der Waals surface area contributed by atoms with Crippen LogP contribution in [0.1, 0.15) is 29.5 Å². The van der Waals surface area contributed by atoms with Gasteiger partial charge in [0.15, 0.2) is 0 Å². The van der Waals surface area contributed by atoms with E-state index in [4.69, 9.17) is 4.74 Å². The fraction of sp³-hybridized carbons (Fsp3) is 0.333. The van der Waals surface area contributed by atoms with Crippen molar-refractivity contribution in [3.05, 3.63) is 65.0 Å². The number of ether oxygens (including phenoxy) is 1. The van der Waals surface area contributed by atoms with Crippen molar-refractivity contribution in [3.8, 4) is 5.75 Å². The Morgan fingerprint density at radius 2 is 2.14 bits per heavy atom. The number of hydrogen-bond donors (Lipinski definition) is 1. The third kappa shape index (κ3) is 3.42. The van der Waals surface area contributed by atoms with Gasteiger partial charge < -0.3 is 10.1 Å². The molecule has 2 aromatic rings. The summed E-state index contributed by atoms with van der Waals surface area (Å²) in [7, 11) is 0. The maximum Gasteiger partial charge on any atom is 0.123 e. The maximum atomic E-state index is 13.1. The summed E-state index contributed by atoms with van der Waals surface area (Å²) in [5.41, 5.74) is 3.60. The molecule has 2 aromatic carbocycles. The molecule has 0 aliphatic carbocycles. The minimum absolute atomic E-state index is 0.224. The predicted octanol–water partition coefficient (Wildman–Crippen LogP) is 3.65. The van der Waals surface area contributed by atoms with Crippen LogP contribution in [0.2, 0.25) is 0 Å². The Bertz CT molecular complexity index is 626. The molecule has 0 aromatic heterocycles. The summed E-state index contributed by atoms with van der Waals surface area (Å²) in [5, 5.41) is 3.44. The van der Waals surface area contributed by atoms with Gasteiger partial charge in [-0.05, 0) is 59.8 Å². The van der Waals surface area contributed by atoms with Gasteiger partial charge in [-0.15, -0.1) is 0 Å². The molecule has 1 N–H and O–H groups in total. The number of benzene rings is 2. The van der Waals surface area contributed by atoms with E-state index in [1.54, 1.807) is 6.07 Å². The molecule has 2 nitrogen and oxygen atoms in total. The van der Waals surface area contributed by atoms with Crippen LogP contribution < -0.4 is 10.1 Å².